The molecule has 0 bridgehead atoms. The minimum atomic E-state index is -1.42. The maximum atomic E-state index is 11.6. The van der Waals surface area contributed by atoms with Crippen LogP contribution < -0.4 is 10.1 Å². The van der Waals surface area contributed by atoms with E-state index >= 15 is 0 Å². The molecule has 0 aliphatic carbocycles. The summed E-state index contributed by atoms with van der Waals surface area (Å²) in [6, 6.07) is 5.19. The highest BCUT2D eigenvalue weighted by atomic mass is 35.6. The molecule has 0 saturated heterocycles. The summed E-state index contributed by atoms with van der Waals surface area (Å²) >= 11 is 16.9. The van der Waals surface area contributed by atoms with E-state index < -0.39 is 3.79 Å². The van der Waals surface area contributed by atoms with Crippen LogP contribution in [0, 0.1) is 0 Å². The third-order valence-corrected chi connectivity index (χ3v) is 2.48. The molecule has 0 aliphatic rings. The number of Topliss-reactive ketones (excluding diaryl/α,β-unsaturated/α-hetero) is 1. The monoisotopic (exact) mass is 295 g/mol. The molecule has 0 fully saturated rings. The van der Waals surface area contributed by atoms with Crippen LogP contribution in [0.2, 0.25) is 0 Å². The average Bonchev–Trinajstić information content (AvgIpc) is 2.24. The van der Waals surface area contributed by atoms with Crippen molar-refractivity contribution in [3.8, 4) is 5.75 Å². The quantitative estimate of drug-likeness (QED) is 0.680. The van der Waals surface area contributed by atoms with Crippen molar-refractivity contribution >= 4 is 46.3 Å². The van der Waals surface area contributed by atoms with Crippen LogP contribution in [0.1, 0.15) is 17.3 Å². The van der Waals surface area contributed by atoms with Crippen molar-refractivity contribution in [1.29, 1.82) is 0 Å². The van der Waals surface area contributed by atoms with Gasteiger partial charge in [-0.2, -0.15) is 0 Å². The van der Waals surface area contributed by atoms with E-state index in [0.29, 0.717) is 17.0 Å². The lowest BCUT2D eigenvalue weighted by molar-refractivity contribution is 0.101. The number of ketones is 1. The Hall–Kier alpha value is -0.640. The van der Waals surface area contributed by atoms with Gasteiger partial charge in [0.15, 0.2) is 5.78 Å². The Balaban J connectivity index is 3.02. The van der Waals surface area contributed by atoms with Crippen molar-refractivity contribution in [3.63, 3.8) is 0 Å². The second-order valence-corrected chi connectivity index (χ2v) is 5.92. The Morgan fingerprint density at radius 3 is 2.53 bits per heavy atom. The number of hydrogen-bond donors (Lipinski definition) is 1. The fourth-order valence-electron chi connectivity index (χ4n) is 1.41. The molecule has 0 radical (unpaired) electrons. The van der Waals surface area contributed by atoms with Gasteiger partial charge in [-0.25, -0.2) is 0 Å². The number of hydrogen-bond acceptors (Lipinski definition) is 3. The van der Waals surface area contributed by atoms with Crippen LogP contribution in [0.15, 0.2) is 18.2 Å². The SMILES string of the molecule is COc1cccc(NCC(Cl)(Cl)Cl)c1C(C)=O. The fraction of sp³-hybridized carbons (Fsp3) is 0.364. The zero-order valence-corrected chi connectivity index (χ0v) is 11.7. The number of ether oxygens (including phenoxy) is 1. The number of methoxy groups -OCH3 is 1. The molecule has 0 amide bonds. The zero-order valence-electron chi connectivity index (χ0n) is 9.39. The predicted molar refractivity (Wildman–Crippen MR) is 71.8 cm³/mol. The smallest absolute Gasteiger partial charge is 0.207 e. The van der Waals surface area contributed by atoms with Gasteiger partial charge < -0.3 is 10.1 Å². The first kappa shape index (κ1) is 14.4. The van der Waals surface area contributed by atoms with Crippen molar-refractivity contribution in [2.45, 2.75) is 10.7 Å². The van der Waals surface area contributed by atoms with E-state index in [1.54, 1.807) is 18.2 Å². The number of carbonyl (C=O) groups excluding carboxylic acids is 1. The highest BCUT2D eigenvalue weighted by Gasteiger charge is 2.21. The molecule has 3 nitrogen and oxygen atoms in total. The van der Waals surface area contributed by atoms with Crippen molar-refractivity contribution in [2.75, 3.05) is 19.0 Å². The van der Waals surface area contributed by atoms with Gasteiger partial charge >= 0.3 is 0 Å². The molecule has 17 heavy (non-hydrogen) atoms. The number of carbonyl (C=O) groups is 1. The summed E-state index contributed by atoms with van der Waals surface area (Å²) in [7, 11) is 1.50. The van der Waals surface area contributed by atoms with Crippen LogP contribution in [-0.4, -0.2) is 23.2 Å². The molecule has 1 rings (SSSR count). The Morgan fingerprint density at radius 1 is 1.41 bits per heavy atom. The topological polar surface area (TPSA) is 38.3 Å². The van der Waals surface area contributed by atoms with Gasteiger partial charge in [0.05, 0.1) is 19.2 Å². The van der Waals surface area contributed by atoms with E-state index in [0.717, 1.165) is 0 Å². The number of benzene rings is 1. The predicted octanol–water partition coefficient (Wildman–Crippen LogP) is 3.68. The van der Waals surface area contributed by atoms with Gasteiger partial charge in [0.1, 0.15) is 5.75 Å². The maximum Gasteiger partial charge on any atom is 0.207 e. The Morgan fingerprint density at radius 2 is 2.06 bits per heavy atom. The van der Waals surface area contributed by atoms with Crippen LogP contribution in [0.3, 0.4) is 0 Å². The Labute approximate surface area is 115 Å². The highest BCUT2D eigenvalue weighted by molar-refractivity contribution is 6.67. The molecule has 0 heterocycles. The van der Waals surface area contributed by atoms with Gasteiger partial charge in [-0.05, 0) is 19.1 Å². The lowest BCUT2D eigenvalue weighted by Crippen LogP contribution is -2.19. The molecular weight excluding hydrogens is 284 g/mol. The van der Waals surface area contributed by atoms with Crippen LogP contribution in [-0.2, 0) is 0 Å². The van der Waals surface area contributed by atoms with Gasteiger partial charge in [-0.1, -0.05) is 40.9 Å². The van der Waals surface area contributed by atoms with Crippen molar-refractivity contribution in [1.82, 2.24) is 0 Å². The number of anilines is 1. The lowest BCUT2D eigenvalue weighted by atomic mass is 10.1. The normalized spacial score (nSPS) is 11.1. The van der Waals surface area contributed by atoms with E-state index in [9.17, 15) is 4.79 Å². The summed E-state index contributed by atoms with van der Waals surface area (Å²) in [5.41, 5.74) is 1.03. The second-order valence-electron chi connectivity index (χ2n) is 3.41. The summed E-state index contributed by atoms with van der Waals surface area (Å²) in [5, 5.41) is 2.91. The number of alkyl halides is 3. The van der Waals surface area contributed by atoms with Gasteiger partial charge in [0.25, 0.3) is 0 Å². The first-order valence-electron chi connectivity index (χ1n) is 4.83. The Kier molecular flexibility index (Phi) is 4.92. The number of halogens is 3. The van der Waals surface area contributed by atoms with Gasteiger partial charge in [-0.3, -0.25) is 4.79 Å². The summed E-state index contributed by atoms with van der Waals surface area (Å²) in [6.45, 7) is 1.56. The van der Waals surface area contributed by atoms with Crippen molar-refractivity contribution in [2.24, 2.45) is 0 Å². The molecule has 94 valence electrons. The molecule has 1 N–H and O–H groups in total. The summed E-state index contributed by atoms with van der Waals surface area (Å²) < 4.78 is 3.70. The zero-order chi connectivity index (χ0) is 13.1. The van der Waals surface area contributed by atoms with Crippen molar-refractivity contribution in [3.05, 3.63) is 23.8 Å². The third kappa shape index (κ3) is 4.26. The average molecular weight is 297 g/mol. The molecular formula is C11H12Cl3NO2. The van der Waals surface area contributed by atoms with Gasteiger partial charge in [0.2, 0.25) is 3.79 Å². The highest BCUT2D eigenvalue weighted by Crippen LogP contribution is 2.30. The summed E-state index contributed by atoms with van der Waals surface area (Å²) in [6.07, 6.45) is 0. The molecule has 6 heteroatoms. The maximum absolute atomic E-state index is 11.6. The summed E-state index contributed by atoms with van der Waals surface area (Å²) in [4.78, 5) is 11.6. The first-order valence-corrected chi connectivity index (χ1v) is 5.97. The standard InChI is InChI=1S/C11H12Cl3NO2/c1-7(16)10-8(15-6-11(12,13)14)4-3-5-9(10)17-2/h3-5,15H,6H2,1-2H3. The van der Waals surface area contributed by atoms with E-state index in [-0.39, 0.29) is 12.3 Å². The lowest BCUT2D eigenvalue weighted by Gasteiger charge is -2.16. The molecule has 0 spiro atoms. The van der Waals surface area contributed by atoms with E-state index in [1.807, 2.05) is 0 Å². The molecule has 0 unspecified atom stereocenters. The van der Waals surface area contributed by atoms with Crippen LogP contribution in [0.4, 0.5) is 5.69 Å². The van der Waals surface area contributed by atoms with E-state index in [4.69, 9.17) is 39.5 Å². The largest absolute Gasteiger partial charge is 0.496 e. The molecule has 1 aromatic rings. The molecule has 0 atom stereocenters. The number of rotatable bonds is 4. The van der Waals surface area contributed by atoms with E-state index in [2.05, 4.69) is 5.32 Å². The second kappa shape index (κ2) is 5.80. The molecule has 0 aliphatic heterocycles. The van der Waals surface area contributed by atoms with Gasteiger partial charge in [0, 0.05) is 5.69 Å². The Bertz CT molecular complexity index is 416. The van der Waals surface area contributed by atoms with E-state index in [1.165, 1.54) is 14.0 Å². The van der Waals surface area contributed by atoms with Crippen LogP contribution >= 0.6 is 34.8 Å². The molecule has 1 aromatic carbocycles. The minimum absolute atomic E-state index is 0.102. The van der Waals surface area contributed by atoms with Crippen LogP contribution in [0.5, 0.6) is 5.75 Å². The molecule has 0 aromatic heterocycles. The minimum Gasteiger partial charge on any atom is -0.496 e. The first-order chi connectivity index (χ1) is 7.85. The van der Waals surface area contributed by atoms with Crippen LogP contribution in [0.25, 0.3) is 0 Å². The molecule has 0 saturated carbocycles. The van der Waals surface area contributed by atoms with Crippen molar-refractivity contribution < 1.29 is 9.53 Å². The van der Waals surface area contributed by atoms with Gasteiger partial charge in [-0.15, -0.1) is 0 Å². The number of nitrogens with one attached hydrogen (secondary N) is 1. The third-order valence-electron chi connectivity index (χ3n) is 2.08. The fourth-order valence-corrected chi connectivity index (χ4v) is 1.61. The summed E-state index contributed by atoms with van der Waals surface area (Å²) in [5.74, 6) is 0.376.